The molecule has 1 aromatic rings. The smallest absolute Gasteiger partial charge is 0.211 e. The summed E-state index contributed by atoms with van der Waals surface area (Å²) < 4.78 is 39.4. The van der Waals surface area contributed by atoms with Gasteiger partial charge >= 0.3 is 0 Å². The summed E-state index contributed by atoms with van der Waals surface area (Å²) in [6.07, 6.45) is 2.78. The molecule has 96 valence electrons. The van der Waals surface area contributed by atoms with Gasteiger partial charge in [-0.05, 0) is 40.5 Å². The highest BCUT2D eigenvalue weighted by Crippen LogP contribution is 2.19. The molecule has 0 saturated carbocycles. The van der Waals surface area contributed by atoms with E-state index in [2.05, 4.69) is 20.7 Å². The van der Waals surface area contributed by atoms with E-state index in [4.69, 9.17) is 0 Å². The fourth-order valence-electron chi connectivity index (χ4n) is 1.31. The molecular formula is C11H15BrFNO2S. The quantitative estimate of drug-likeness (QED) is 0.818. The van der Waals surface area contributed by atoms with Crippen molar-refractivity contribution in [3.8, 4) is 0 Å². The van der Waals surface area contributed by atoms with Crippen LogP contribution in [0.3, 0.4) is 0 Å². The SMILES string of the molecule is CCCCCNS(=O)(=O)c1ccc(Br)c(F)c1. The molecular weight excluding hydrogens is 309 g/mol. The van der Waals surface area contributed by atoms with Gasteiger partial charge in [0.05, 0.1) is 9.37 Å². The van der Waals surface area contributed by atoms with Crippen molar-refractivity contribution in [3.05, 3.63) is 28.5 Å². The van der Waals surface area contributed by atoms with E-state index in [0.717, 1.165) is 25.3 Å². The Morgan fingerprint density at radius 2 is 2.06 bits per heavy atom. The van der Waals surface area contributed by atoms with Gasteiger partial charge in [0.25, 0.3) is 0 Å². The highest BCUT2D eigenvalue weighted by molar-refractivity contribution is 9.10. The average Bonchev–Trinajstić information content (AvgIpc) is 2.28. The second-order valence-electron chi connectivity index (χ2n) is 3.68. The minimum Gasteiger partial charge on any atom is -0.211 e. The second kappa shape index (κ2) is 6.47. The fourth-order valence-corrected chi connectivity index (χ4v) is 2.64. The number of unbranched alkanes of at least 4 members (excludes halogenated alkanes) is 2. The Labute approximate surface area is 110 Å². The zero-order chi connectivity index (χ0) is 12.9. The van der Waals surface area contributed by atoms with Gasteiger partial charge in [0.15, 0.2) is 0 Å². The van der Waals surface area contributed by atoms with Crippen molar-refractivity contribution in [2.45, 2.75) is 31.1 Å². The van der Waals surface area contributed by atoms with E-state index in [0.29, 0.717) is 6.54 Å². The lowest BCUT2D eigenvalue weighted by Crippen LogP contribution is -2.24. The number of hydrogen-bond acceptors (Lipinski definition) is 2. The molecule has 0 bridgehead atoms. The maximum Gasteiger partial charge on any atom is 0.240 e. The Morgan fingerprint density at radius 3 is 2.65 bits per heavy atom. The first-order valence-corrected chi connectivity index (χ1v) is 7.69. The molecule has 0 saturated heterocycles. The van der Waals surface area contributed by atoms with Crippen LogP contribution >= 0.6 is 15.9 Å². The first kappa shape index (κ1) is 14.6. The van der Waals surface area contributed by atoms with E-state index in [1.165, 1.54) is 12.1 Å². The third-order valence-electron chi connectivity index (χ3n) is 2.27. The molecule has 0 radical (unpaired) electrons. The lowest BCUT2D eigenvalue weighted by Gasteiger charge is -2.06. The number of sulfonamides is 1. The molecule has 0 fully saturated rings. The van der Waals surface area contributed by atoms with Crippen molar-refractivity contribution >= 4 is 26.0 Å². The molecule has 1 N–H and O–H groups in total. The van der Waals surface area contributed by atoms with Gasteiger partial charge in [-0.25, -0.2) is 17.5 Å². The molecule has 0 aromatic heterocycles. The van der Waals surface area contributed by atoms with E-state index in [-0.39, 0.29) is 9.37 Å². The molecule has 0 atom stereocenters. The largest absolute Gasteiger partial charge is 0.240 e. The van der Waals surface area contributed by atoms with Crippen molar-refractivity contribution in [3.63, 3.8) is 0 Å². The van der Waals surface area contributed by atoms with Crippen molar-refractivity contribution in [1.29, 1.82) is 0 Å². The van der Waals surface area contributed by atoms with E-state index in [9.17, 15) is 12.8 Å². The van der Waals surface area contributed by atoms with Crippen LogP contribution in [0.5, 0.6) is 0 Å². The van der Waals surface area contributed by atoms with Crippen molar-refractivity contribution < 1.29 is 12.8 Å². The summed E-state index contributed by atoms with van der Waals surface area (Å²) in [7, 11) is -3.59. The fraction of sp³-hybridized carbons (Fsp3) is 0.455. The Hall–Kier alpha value is -0.460. The minimum absolute atomic E-state index is 0.0466. The van der Waals surface area contributed by atoms with E-state index in [1.54, 1.807) is 0 Å². The number of rotatable bonds is 6. The van der Waals surface area contributed by atoms with Crippen molar-refractivity contribution in [2.24, 2.45) is 0 Å². The Kier molecular flexibility index (Phi) is 5.55. The molecule has 0 heterocycles. The third kappa shape index (κ3) is 4.37. The average molecular weight is 324 g/mol. The summed E-state index contributed by atoms with van der Waals surface area (Å²) in [5.41, 5.74) is 0. The Morgan fingerprint density at radius 1 is 1.35 bits per heavy atom. The molecule has 17 heavy (non-hydrogen) atoms. The minimum atomic E-state index is -3.59. The van der Waals surface area contributed by atoms with Crippen LogP contribution in [0.15, 0.2) is 27.6 Å². The van der Waals surface area contributed by atoms with E-state index in [1.807, 2.05) is 6.92 Å². The van der Waals surface area contributed by atoms with Crippen LogP contribution in [-0.2, 0) is 10.0 Å². The predicted octanol–water partition coefficient (Wildman–Crippen LogP) is 3.06. The Bertz CT molecular complexity index is 476. The summed E-state index contributed by atoms with van der Waals surface area (Å²) in [5, 5.41) is 0. The highest BCUT2D eigenvalue weighted by Gasteiger charge is 2.14. The van der Waals surface area contributed by atoms with Crippen LogP contribution in [0.4, 0.5) is 4.39 Å². The van der Waals surface area contributed by atoms with Crippen LogP contribution in [0.25, 0.3) is 0 Å². The van der Waals surface area contributed by atoms with Gasteiger partial charge in [-0.2, -0.15) is 0 Å². The standard InChI is InChI=1S/C11H15BrFNO2S/c1-2-3-4-7-14-17(15,16)9-5-6-10(12)11(13)8-9/h5-6,8,14H,2-4,7H2,1H3. The number of benzene rings is 1. The van der Waals surface area contributed by atoms with Crippen LogP contribution < -0.4 is 4.72 Å². The van der Waals surface area contributed by atoms with Crippen molar-refractivity contribution in [1.82, 2.24) is 4.72 Å². The van der Waals surface area contributed by atoms with Gasteiger partial charge in [0.1, 0.15) is 5.82 Å². The first-order valence-electron chi connectivity index (χ1n) is 5.42. The van der Waals surface area contributed by atoms with Crippen LogP contribution in [0.2, 0.25) is 0 Å². The van der Waals surface area contributed by atoms with Crippen LogP contribution in [-0.4, -0.2) is 15.0 Å². The van der Waals surface area contributed by atoms with E-state index < -0.39 is 15.8 Å². The van der Waals surface area contributed by atoms with E-state index >= 15 is 0 Å². The summed E-state index contributed by atoms with van der Waals surface area (Å²) in [6.45, 7) is 2.42. The van der Waals surface area contributed by atoms with Gasteiger partial charge in [0.2, 0.25) is 10.0 Å². The summed E-state index contributed by atoms with van der Waals surface area (Å²) in [4.78, 5) is -0.0466. The highest BCUT2D eigenvalue weighted by atomic mass is 79.9. The summed E-state index contributed by atoms with van der Waals surface area (Å²) in [5.74, 6) is -0.582. The monoisotopic (exact) mass is 323 g/mol. The number of hydrogen-bond donors (Lipinski definition) is 1. The summed E-state index contributed by atoms with van der Waals surface area (Å²) >= 11 is 2.98. The predicted molar refractivity (Wildman–Crippen MR) is 68.8 cm³/mol. The van der Waals surface area contributed by atoms with Crippen LogP contribution in [0.1, 0.15) is 26.2 Å². The zero-order valence-corrected chi connectivity index (χ0v) is 11.9. The number of halogens is 2. The van der Waals surface area contributed by atoms with Crippen molar-refractivity contribution in [2.75, 3.05) is 6.54 Å². The zero-order valence-electron chi connectivity index (χ0n) is 9.54. The van der Waals surface area contributed by atoms with Gasteiger partial charge in [-0.1, -0.05) is 19.8 Å². The number of nitrogens with one attached hydrogen (secondary N) is 1. The lowest BCUT2D eigenvalue weighted by atomic mass is 10.3. The second-order valence-corrected chi connectivity index (χ2v) is 6.30. The topological polar surface area (TPSA) is 46.2 Å². The molecule has 0 spiro atoms. The van der Waals surface area contributed by atoms with Gasteiger partial charge in [-0.3, -0.25) is 0 Å². The third-order valence-corrected chi connectivity index (χ3v) is 4.38. The Balaban J connectivity index is 2.72. The van der Waals surface area contributed by atoms with Gasteiger partial charge in [-0.15, -0.1) is 0 Å². The molecule has 0 aliphatic carbocycles. The van der Waals surface area contributed by atoms with Gasteiger partial charge in [0, 0.05) is 6.54 Å². The molecule has 0 unspecified atom stereocenters. The summed E-state index contributed by atoms with van der Waals surface area (Å²) in [6, 6.07) is 3.76. The molecule has 0 aliphatic rings. The van der Waals surface area contributed by atoms with Gasteiger partial charge < -0.3 is 0 Å². The first-order chi connectivity index (χ1) is 7.97. The maximum atomic E-state index is 13.2. The maximum absolute atomic E-state index is 13.2. The molecule has 0 amide bonds. The molecule has 6 heteroatoms. The van der Waals surface area contributed by atoms with Crippen LogP contribution in [0, 0.1) is 5.82 Å². The molecule has 1 rings (SSSR count). The lowest BCUT2D eigenvalue weighted by molar-refractivity contribution is 0.572. The molecule has 1 aromatic carbocycles. The molecule has 0 aliphatic heterocycles. The molecule has 3 nitrogen and oxygen atoms in total. The normalized spacial score (nSPS) is 11.7.